The lowest BCUT2D eigenvalue weighted by atomic mass is 9.95. The monoisotopic (exact) mass is 213 g/mol. The fraction of sp³-hybridized carbons (Fsp3) is 1.00. The second-order valence-corrected chi connectivity index (χ2v) is 5.36. The molecule has 0 spiro atoms. The molecule has 1 fully saturated rings. The highest BCUT2D eigenvalue weighted by molar-refractivity contribution is 4.88. The van der Waals surface area contributed by atoms with Gasteiger partial charge in [0.1, 0.15) is 0 Å². The van der Waals surface area contributed by atoms with Crippen molar-refractivity contribution in [2.45, 2.75) is 65.0 Å². The summed E-state index contributed by atoms with van der Waals surface area (Å²) >= 11 is 0. The zero-order chi connectivity index (χ0) is 11.5. The Bertz CT molecular complexity index is 187. The molecule has 15 heavy (non-hydrogen) atoms. The summed E-state index contributed by atoms with van der Waals surface area (Å²) in [5, 5.41) is 10.3. The summed E-state index contributed by atoms with van der Waals surface area (Å²) in [4.78, 5) is 2.50. The third kappa shape index (κ3) is 3.18. The van der Waals surface area contributed by atoms with E-state index in [1.54, 1.807) is 0 Å². The summed E-state index contributed by atoms with van der Waals surface area (Å²) in [5.74, 6) is 0.713. The zero-order valence-electron chi connectivity index (χ0n) is 10.8. The molecule has 1 aliphatic rings. The van der Waals surface area contributed by atoms with Gasteiger partial charge < -0.3 is 5.11 Å². The molecule has 2 heteroatoms. The van der Waals surface area contributed by atoms with Crippen LogP contribution in [-0.2, 0) is 0 Å². The van der Waals surface area contributed by atoms with Crippen molar-refractivity contribution < 1.29 is 5.11 Å². The Morgan fingerprint density at radius 3 is 2.40 bits per heavy atom. The van der Waals surface area contributed by atoms with E-state index in [0.717, 1.165) is 19.4 Å². The SMILES string of the molecule is CCC(O)(CC)CN1CCCC1C(C)C. The highest BCUT2D eigenvalue weighted by Gasteiger charge is 2.33. The van der Waals surface area contributed by atoms with Crippen molar-refractivity contribution in [3.63, 3.8) is 0 Å². The standard InChI is InChI=1S/C13H27NO/c1-5-13(15,6-2)10-14-9-7-8-12(14)11(3)4/h11-12,15H,5-10H2,1-4H3. The summed E-state index contributed by atoms with van der Waals surface area (Å²) in [6, 6.07) is 0.689. The molecule has 2 nitrogen and oxygen atoms in total. The molecule has 1 atom stereocenters. The van der Waals surface area contributed by atoms with Crippen LogP contribution in [0.1, 0.15) is 53.4 Å². The van der Waals surface area contributed by atoms with E-state index in [9.17, 15) is 5.11 Å². The summed E-state index contributed by atoms with van der Waals surface area (Å²) in [6.07, 6.45) is 4.34. The van der Waals surface area contributed by atoms with Crippen LogP contribution in [0.15, 0.2) is 0 Å². The molecule has 0 radical (unpaired) electrons. The molecule has 0 aliphatic carbocycles. The van der Waals surface area contributed by atoms with Crippen molar-refractivity contribution in [3.05, 3.63) is 0 Å². The van der Waals surface area contributed by atoms with Crippen LogP contribution in [0.4, 0.5) is 0 Å². The van der Waals surface area contributed by atoms with E-state index in [1.807, 2.05) is 0 Å². The number of β-amino-alcohol motifs (C(OH)–C–C–N with tert-alkyl or cyclic N) is 1. The Kier molecular flexibility index (Phi) is 4.60. The van der Waals surface area contributed by atoms with Crippen LogP contribution >= 0.6 is 0 Å². The van der Waals surface area contributed by atoms with Crippen molar-refractivity contribution in [2.75, 3.05) is 13.1 Å². The number of hydrogen-bond acceptors (Lipinski definition) is 2. The molecule has 1 N–H and O–H groups in total. The third-order valence-corrected chi connectivity index (χ3v) is 4.00. The van der Waals surface area contributed by atoms with Crippen LogP contribution in [0.3, 0.4) is 0 Å². The average Bonchev–Trinajstić information content (AvgIpc) is 2.65. The largest absolute Gasteiger partial charge is 0.389 e. The second-order valence-electron chi connectivity index (χ2n) is 5.36. The van der Waals surface area contributed by atoms with Gasteiger partial charge in [-0.2, -0.15) is 0 Å². The quantitative estimate of drug-likeness (QED) is 0.759. The Labute approximate surface area is 94.7 Å². The lowest BCUT2D eigenvalue weighted by Crippen LogP contribution is -2.45. The lowest BCUT2D eigenvalue weighted by molar-refractivity contribution is -0.0110. The van der Waals surface area contributed by atoms with E-state index in [1.165, 1.54) is 19.4 Å². The maximum Gasteiger partial charge on any atom is 0.0769 e. The number of likely N-dealkylation sites (tertiary alicyclic amines) is 1. The van der Waals surface area contributed by atoms with E-state index >= 15 is 0 Å². The van der Waals surface area contributed by atoms with Crippen LogP contribution in [0.2, 0.25) is 0 Å². The van der Waals surface area contributed by atoms with E-state index in [2.05, 4.69) is 32.6 Å². The highest BCUT2D eigenvalue weighted by Crippen LogP contribution is 2.27. The first-order valence-electron chi connectivity index (χ1n) is 6.49. The van der Waals surface area contributed by atoms with Crippen LogP contribution in [0.25, 0.3) is 0 Å². The summed E-state index contributed by atoms with van der Waals surface area (Å²) in [7, 11) is 0. The molecule has 1 heterocycles. The summed E-state index contributed by atoms with van der Waals surface area (Å²) in [5.41, 5.74) is -0.461. The normalized spacial score (nSPS) is 24.0. The van der Waals surface area contributed by atoms with Gasteiger partial charge in [0.05, 0.1) is 5.60 Å². The highest BCUT2D eigenvalue weighted by atomic mass is 16.3. The zero-order valence-corrected chi connectivity index (χ0v) is 10.8. The molecular formula is C13H27NO. The van der Waals surface area contributed by atoms with Gasteiger partial charge in [0.25, 0.3) is 0 Å². The van der Waals surface area contributed by atoms with Crippen LogP contribution in [-0.4, -0.2) is 34.7 Å². The molecule has 90 valence electrons. The minimum atomic E-state index is -0.461. The van der Waals surface area contributed by atoms with E-state index in [4.69, 9.17) is 0 Å². The first-order chi connectivity index (χ1) is 7.02. The third-order valence-electron chi connectivity index (χ3n) is 4.00. The first kappa shape index (κ1) is 13.0. The van der Waals surface area contributed by atoms with Gasteiger partial charge >= 0.3 is 0 Å². The van der Waals surface area contributed by atoms with Gasteiger partial charge in [-0.25, -0.2) is 0 Å². The van der Waals surface area contributed by atoms with Crippen molar-refractivity contribution >= 4 is 0 Å². The lowest BCUT2D eigenvalue weighted by Gasteiger charge is -2.35. The number of hydrogen-bond donors (Lipinski definition) is 1. The molecule has 0 amide bonds. The molecule has 1 aliphatic heterocycles. The molecule has 0 saturated carbocycles. The molecule has 0 aromatic rings. The van der Waals surface area contributed by atoms with Crippen molar-refractivity contribution in [1.82, 2.24) is 4.90 Å². The van der Waals surface area contributed by atoms with Gasteiger partial charge in [0, 0.05) is 12.6 Å². The van der Waals surface area contributed by atoms with Gasteiger partial charge in [0.2, 0.25) is 0 Å². The van der Waals surface area contributed by atoms with E-state index in [-0.39, 0.29) is 0 Å². The van der Waals surface area contributed by atoms with Crippen molar-refractivity contribution in [1.29, 1.82) is 0 Å². The molecule has 0 aromatic heterocycles. The van der Waals surface area contributed by atoms with Crippen molar-refractivity contribution in [3.8, 4) is 0 Å². The number of rotatable bonds is 5. The Balaban J connectivity index is 2.56. The maximum atomic E-state index is 10.3. The molecule has 1 unspecified atom stereocenters. The van der Waals surface area contributed by atoms with Gasteiger partial charge in [-0.15, -0.1) is 0 Å². The van der Waals surface area contributed by atoms with Crippen LogP contribution < -0.4 is 0 Å². The minimum Gasteiger partial charge on any atom is -0.389 e. The number of nitrogens with zero attached hydrogens (tertiary/aromatic N) is 1. The second kappa shape index (κ2) is 5.31. The van der Waals surface area contributed by atoms with Gasteiger partial charge in [0.15, 0.2) is 0 Å². The smallest absolute Gasteiger partial charge is 0.0769 e. The Morgan fingerprint density at radius 1 is 1.33 bits per heavy atom. The molecule has 0 bridgehead atoms. The van der Waals surface area contributed by atoms with Gasteiger partial charge in [-0.05, 0) is 38.1 Å². The Hall–Kier alpha value is -0.0800. The Morgan fingerprint density at radius 2 is 1.93 bits per heavy atom. The van der Waals surface area contributed by atoms with Gasteiger partial charge in [-0.3, -0.25) is 4.90 Å². The minimum absolute atomic E-state index is 0.461. The predicted molar refractivity (Wildman–Crippen MR) is 65.0 cm³/mol. The fourth-order valence-corrected chi connectivity index (χ4v) is 2.65. The molecular weight excluding hydrogens is 186 g/mol. The fourth-order valence-electron chi connectivity index (χ4n) is 2.65. The van der Waals surface area contributed by atoms with Crippen LogP contribution in [0.5, 0.6) is 0 Å². The topological polar surface area (TPSA) is 23.5 Å². The van der Waals surface area contributed by atoms with E-state index in [0.29, 0.717) is 12.0 Å². The molecule has 0 aromatic carbocycles. The number of aliphatic hydroxyl groups is 1. The molecule has 1 rings (SSSR count). The van der Waals surface area contributed by atoms with Gasteiger partial charge in [-0.1, -0.05) is 27.7 Å². The van der Waals surface area contributed by atoms with Crippen molar-refractivity contribution in [2.24, 2.45) is 5.92 Å². The summed E-state index contributed by atoms with van der Waals surface area (Å²) in [6.45, 7) is 10.8. The first-order valence-corrected chi connectivity index (χ1v) is 6.49. The molecule has 1 saturated heterocycles. The predicted octanol–water partition coefficient (Wildman–Crippen LogP) is 2.66. The summed E-state index contributed by atoms with van der Waals surface area (Å²) < 4.78 is 0. The van der Waals surface area contributed by atoms with Crippen LogP contribution in [0, 0.1) is 5.92 Å². The van der Waals surface area contributed by atoms with E-state index < -0.39 is 5.60 Å². The average molecular weight is 213 g/mol. The maximum absolute atomic E-state index is 10.3.